The molecule has 1 aromatic rings. The highest BCUT2D eigenvalue weighted by Crippen LogP contribution is 2.15. The molecule has 0 bridgehead atoms. The van der Waals surface area contributed by atoms with E-state index in [-0.39, 0.29) is 5.91 Å². The zero-order chi connectivity index (χ0) is 15.8. The van der Waals surface area contributed by atoms with Crippen LogP contribution >= 0.6 is 0 Å². The van der Waals surface area contributed by atoms with Gasteiger partial charge in [0, 0.05) is 19.2 Å². The number of amides is 1. The first-order valence-electron chi connectivity index (χ1n) is 7.29. The van der Waals surface area contributed by atoms with Crippen LogP contribution in [0.1, 0.15) is 42.6 Å². The topological polar surface area (TPSA) is 20.3 Å². The highest BCUT2D eigenvalue weighted by molar-refractivity contribution is 5.94. The van der Waals surface area contributed by atoms with Gasteiger partial charge in [0.1, 0.15) is 0 Å². The smallest absolute Gasteiger partial charge is 0.253 e. The lowest BCUT2D eigenvalue weighted by atomic mass is 10.0. The van der Waals surface area contributed by atoms with Crippen LogP contribution in [0.2, 0.25) is 0 Å². The molecule has 0 aliphatic rings. The number of nitrogens with zero attached hydrogens (tertiary/aromatic N) is 1. The SMILES string of the molecule is C=C/C=C(\C=C/C)CN(C)C(=O)c1ccc(C(C)C)cc1. The summed E-state index contributed by atoms with van der Waals surface area (Å²) in [6.07, 6.45) is 7.62. The normalized spacial score (nSPS) is 12.0. The molecule has 0 fully saturated rings. The minimum Gasteiger partial charge on any atom is -0.337 e. The number of benzene rings is 1. The van der Waals surface area contributed by atoms with Crippen molar-refractivity contribution in [2.45, 2.75) is 26.7 Å². The van der Waals surface area contributed by atoms with E-state index in [4.69, 9.17) is 0 Å². The lowest BCUT2D eigenvalue weighted by Gasteiger charge is -2.18. The Morgan fingerprint density at radius 2 is 1.90 bits per heavy atom. The zero-order valence-corrected chi connectivity index (χ0v) is 13.5. The van der Waals surface area contributed by atoms with Crippen molar-refractivity contribution in [2.75, 3.05) is 13.6 Å². The van der Waals surface area contributed by atoms with Crippen molar-refractivity contribution < 1.29 is 4.79 Å². The molecule has 1 aromatic carbocycles. The van der Waals surface area contributed by atoms with Gasteiger partial charge in [-0.15, -0.1) is 0 Å². The molecule has 0 unspecified atom stereocenters. The molecular formula is C19H25NO. The molecule has 0 aliphatic carbocycles. The summed E-state index contributed by atoms with van der Waals surface area (Å²) >= 11 is 0. The minimum atomic E-state index is 0.0322. The Hall–Kier alpha value is -2.09. The van der Waals surface area contributed by atoms with Crippen molar-refractivity contribution in [1.82, 2.24) is 4.90 Å². The second kappa shape index (κ2) is 8.25. The maximum Gasteiger partial charge on any atom is 0.253 e. The first-order valence-corrected chi connectivity index (χ1v) is 7.29. The summed E-state index contributed by atoms with van der Waals surface area (Å²) in [4.78, 5) is 14.1. The molecule has 2 heteroatoms. The molecule has 0 N–H and O–H groups in total. The second-order valence-electron chi connectivity index (χ2n) is 5.42. The lowest BCUT2D eigenvalue weighted by Crippen LogP contribution is -2.28. The van der Waals surface area contributed by atoms with Gasteiger partial charge in [0.2, 0.25) is 0 Å². The highest BCUT2D eigenvalue weighted by atomic mass is 16.2. The molecule has 0 atom stereocenters. The van der Waals surface area contributed by atoms with Gasteiger partial charge < -0.3 is 4.90 Å². The van der Waals surface area contributed by atoms with E-state index in [1.165, 1.54) is 5.56 Å². The van der Waals surface area contributed by atoms with Gasteiger partial charge in [0.15, 0.2) is 0 Å². The van der Waals surface area contributed by atoms with Crippen LogP contribution in [0.5, 0.6) is 0 Å². The van der Waals surface area contributed by atoms with E-state index in [0.29, 0.717) is 12.5 Å². The Labute approximate surface area is 128 Å². The maximum atomic E-state index is 12.4. The van der Waals surface area contributed by atoms with Crippen molar-refractivity contribution in [3.63, 3.8) is 0 Å². The van der Waals surface area contributed by atoms with Gasteiger partial charge in [0.25, 0.3) is 5.91 Å². The minimum absolute atomic E-state index is 0.0322. The molecule has 0 spiro atoms. The Balaban J connectivity index is 2.82. The predicted octanol–water partition coefficient (Wildman–Crippen LogP) is 4.57. The molecule has 1 amide bonds. The summed E-state index contributed by atoms with van der Waals surface area (Å²) in [7, 11) is 1.82. The highest BCUT2D eigenvalue weighted by Gasteiger charge is 2.12. The van der Waals surface area contributed by atoms with Crippen LogP contribution in [0.3, 0.4) is 0 Å². The fraction of sp³-hybridized carbons (Fsp3) is 0.316. The van der Waals surface area contributed by atoms with Crippen LogP contribution in [0.4, 0.5) is 0 Å². The van der Waals surface area contributed by atoms with Crippen molar-refractivity contribution in [3.8, 4) is 0 Å². The number of rotatable bonds is 6. The van der Waals surface area contributed by atoms with Gasteiger partial charge >= 0.3 is 0 Å². The van der Waals surface area contributed by atoms with E-state index < -0.39 is 0 Å². The number of carbonyl (C=O) groups excluding carboxylic acids is 1. The summed E-state index contributed by atoms with van der Waals surface area (Å²) in [5.74, 6) is 0.508. The summed E-state index contributed by atoms with van der Waals surface area (Å²) in [6, 6.07) is 7.86. The second-order valence-corrected chi connectivity index (χ2v) is 5.42. The van der Waals surface area contributed by atoms with E-state index in [9.17, 15) is 4.79 Å². The fourth-order valence-corrected chi connectivity index (χ4v) is 2.10. The molecule has 0 aromatic heterocycles. The van der Waals surface area contributed by atoms with E-state index in [2.05, 4.69) is 20.4 Å². The Bertz CT molecular complexity index is 535. The van der Waals surface area contributed by atoms with E-state index >= 15 is 0 Å². The van der Waals surface area contributed by atoms with Gasteiger partial charge in [-0.2, -0.15) is 0 Å². The predicted molar refractivity (Wildman–Crippen MR) is 90.6 cm³/mol. The summed E-state index contributed by atoms with van der Waals surface area (Å²) < 4.78 is 0. The Morgan fingerprint density at radius 3 is 2.38 bits per heavy atom. The third kappa shape index (κ3) is 5.07. The van der Waals surface area contributed by atoms with E-state index in [0.717, 1.165) is 11.1 Å². The van der Waals surface area contributed by atoms with Gasteiger partial charge in [0.05, 0.1) is 0 Å². The monoisotopic (exact) mass is 283 g/mol. The average Bonchev–Trinajstić information content (AvgIpc) is 2.47. The third-order valence-electron chi connectivity index (χ3n) is 3.30. The van der Waals surface area contributed by atoms with E-state index in [1.807, 2.05) is 56.5 Å². The number of hydrogen-bond acceptors (Lipinski definition) is 1. The third-order valence-corrected chi connectivity index (χ3v) is 3.30. The van der Waals surface area contributed by atoms with Gasteiger partial charge in [-0.05, 0) is 36.1 Å². The van der Waals surface area contributed by atoms with E-state index in [1.54, 1.807) is 11.0 Å². The first kappa shape index (κ1) is 17.0. The number of carbonyl (C=O) groups is 1. The van der Waals surface area contributed by atoms with Crippen molar-refractivity contribution in [1.29, 1.82) is 0 Å². The fourth-order valence-electron chi connectivity index (χ4n) is 2.10. The molecule has 0 heterocycles. The maximum absolute atomic E-state index is 12.4. The molecule has 1 rings (SSSR count). The molecule has 0 saturated heterocycles. The summed E-state index contributed by atoms with van der Waals surface area (Å²) in [5.41, 5.74) is 3.03. The molecule has 2 nitrogen and oxygen atoms in total. The largest absolute Gasteiger partial charge is 0.337 e. The quantitative estimate of drug-likeness (QED) is 0.700. The van der Waals surface area contributed by atoms with Crippen LogP contribution < -0.4 is 0 Å². The lowest BCUT2D eigenvalue weighted by molar-refractivity contribution is 0.0808. The van der Waals surface area contributed by atoms with Crippen molar-refractivity contribution in [3.05, 3.63) is 71.8 Å². The first-order chi connectivity index (χ1) is 9.99. The summed E-state index contributed by atoms with van der Waals surface area (Å²) in [6.45, 7) is 10.5. The van der Waals surface area contributed by atoms with Crippen LogP contribution in [-0.4, -0.2) is 24.4 Å². The van der Waals surface area contributed by atoms with Gasteiger partial charge in [-0.3, -0.25) is 4.79 Å². The molecule has 0 saturated carbocycles. The van der Waals surface area contributed by atoms with Crippen LogP contribution in [0, 0.1) is 0 Å². The summed E-state index contributed by atoms with van der Waals surface area (Å²) in [5, 5.41) is 0. The molecule has 0 radical (unpaired) electrons. The van der Waals surface area contributed by atoms with Gasteiger partial charge in [-0.25, -0.2) is 0 Å². The standard InChI is InChI=1S/C19H25NO/c1-6-8-16(9-7-2)14-20(5)19(21)18-12-10-17(11-13-18)15(3)4/h6-13,15H,1,14H2,2-5H3/b9-7-,16-8+. The van der Waals surface area contributed by atoms with Crippen LogP contribution in [-0.2, 0) is 0 Å². The van der Waals surface area contributed by atoms with Crippen LogP contribution in [0.25, 0.3) is 0 Å². The molecular weight excluding hydrogens is 258 g/mol. The van der Waals surface area contributed by atoms with Gasteiger partial charge in [-0.1, -0.05) is 56.9 Å². The Morgan fingerprint density at radius 1 is 1.29 bits per heavy atom. The van der Waals surface area contributed by atoms with Crippen molar-refractivity contribution >= 4 is 5.91 Å². The molecule has 21 heavy (non-hydrogen) atoms. The Kier molecular flexibility index (Phi) is 6.67. The zero-order valence-electron chi connectivity index (χ0n) is 13.5. The van der Waals surface area contributed by atoms with Crippen LogP contribution in [0.15, 0.2) is 60.7 Å². The number of allylic oxidation sites excluding steroid dienone is 3. The van der Waals surface area contributed by atoms with Crippen molar-refractivity contribution in [2.24, 2.45) is 0 Å². The molecule has 112 valence electrons. The number of likely N-dealkylation sites (N-methyl/N-ethyl adjacent to an activating group) is 1. The number of hydrogen-bond donors (Lipinski definition) is 0. The average molecular weight is 283 g/mol. The molecule has 0 aliphatic heterocycles.